The van der Waals surface area contributed by atoms with Gasteiger partial charge in [0.15, 0.2) is 16.6 Å². The summed E-state index contributed by atoms with van der Waals surface area (Å²) in [4.78, 5) is 37.1. The van der Waals surface area contributed by atoms with Crippen LogP contribution in [0.3, 0.4) is 0 Å². The topological polar surface area (TPSA) is 103 Å². The molecule has 1 aromatic carbocycles. The van der Waals surface area contributed by atoms with Gasteiger partial charge in [-0.25, -0.2) is 0 Å². The van der Waals surface area contributed by atoms with Crippen molar-refractivity contribution >= 4 is 43.0 Å². The minimum atomic E-state index is -2.11. The largest absolute Gasteiger partial charge is 0.466 e. The summed E-state index contributed by atoms with van der Waals surface area (Å²) in [7, 11) is -5.36. The average Bonchev–Trinajstić information content (AvgIpc) is 2.86. The van der Waals surface area contributed by atoms with Crippen LogP contribution in [0.25, 0.3) is 0 Å². The van der Waals surface area contributed by atoms with Crippen molar-refractivity contribution in [1.82, 2.24) is 10.6 Å². The highest BCUT2D eigenvalue weighted by Gasteiger charge is 2.39. The van der Waals surface area contributed by atoms with Crippen LogP contribution in [0.15, 0.2) is 30.3 Å². The van der Waals surface area contributed by atoms with E-state index in [9.17, 15) is 14.4 Å². The minimum absolute atomic E-state index is 0.147. The molecular weight excluding hydrogens is 581 g/mol. The number of carbonyl (C=O) groups excluding carboxylic acids is 3. The van der Waals surface area contributed by atoms with Gasteiger partial charge in [0, 0.05) is 6.42 Å². The Hall–Kier alpha value is -1.80. The summed E-state index contributed by atoms with van der Waals surface area (Å²) < 4.78 is 18.5. The second kappa shape index (κ2) is 17.5. The van der Waals surface area contributed by atoms with Crippen LogP contribution in [-0.4, -0.2) is 61.7 Å². The number of hydrogen-bond acceptors (Lipinski definition) is 6. The predicted molar refractivity (Wildman–Crippen MR) is 176 cm³/mol. The number of benzene rings is 1. The van der Waals surface area contributed by atoms with Crippen LogP contribution in [0, 0.1) is 0 Å². The first-order chi connectivity index (χ1) is 19.7. The number of nitrogens with one attached hydrogen (secondary N) is 2. The molecule has 0 bridgehead atoms. The van der Waals surface area contributed by atoms with Gasteiger partial charge >= 0.3 is 14.5 Å². The summed E-state index contributed by atoms with van der Waals surface area (Å²) in [5, 5.41) is 5.41. The zero-order valence-corrected chi connectivity index (χ0v) is 30.2. The van der Waals surface area contributed by atoms with Crippen LogP contribution in [-0.2, 0) is 33.8 Å². The number of hydrogen-bond donors (Lipinski definition) is 2. The first-order valence-corrected chi connectivity index (χ1v) is 25.2. The molecule has 0 unspecified atom stereocenters. The van der Waals surface area contributed by atoms with Crippen LogP contribution in [0.4, 0.5) is 0 Å². The third-order valence-corrected chi connectivity index (χ3v) is 16.6. The normalized spacial score (nSPS) is 18.0. The fourth-order valence-electron chi connectivity index (χ4n) is 5.43. The lowest BCUT2D eigenvalue weighted by Gasteiger charge is -2.38. The lowest BCUT2D eigenvalue weighted by molar-refractivity contribution is -0.147. The predicted octanol–water partition coefficient (Wildman–Crippen LogP) is 6.43. The smallest absolute Gasteiger partial charge is 0.314 e. The Bertz CT molecular complexity index is 965. The van der Waals surface area contributed by atoms with Crippen LogP contribution >= 0.6 is 0 Å². The average molecular weight is 637 g/mol. The Morgan fingerprint density at radius 3 is 1.71 bits per heavy atom. The Balaban J connectivity index is 1.50. The van der Waals surface area contributed by atoms with E-state index >= 15 is 0 Å². The molecule has 8 nitrogen and oxygen atoms in total. The molecule has 2 rings (SSSR count). The van der Waals surface area contributed by atoms with Crippen molar-refractivity contribution in [3.8, 4) is 0 Å². The van der Waals surface area contributed by atoms with Crippen molar-refractivity contribution in [3.05, 3.63) is 35.9 Å². The van der Waals surface area contributed by atoms with Gasteiger partial charge in [-0.15, -0.1) is 0 Å². The molecule has 42 heavy (non-hydrogen) atoms. The van der Waals surface area contributed by atoms with E-state index in [0.717, 1.165) is 30.9 Å². The Labute approximate surface area is 257 Å². The van der Waals surface area contributed by atoms with E-state index in [1.807, 2.05) is 30.3 Å². The number of ether oxygens (including phenoxy) is 1. The fourth-order valence-corrected chi connectivity index (χ4v) is 18.0. The molecule has 0 spiro atoms. The summed E-state index contributed by atoms with van der Waals surface area (Å²) in [6, 6.07) is 9.10. The number of carbonyl (C=O) groups is 3. The van der Waals surface area contributed by atoms with Crippen LogP contribution in [0.1, 0.15) is 69.8 Å². The number of rotatable bonds is 20. The minimum Gasteiger partial charge on any atom is -0.466 e. The Morgan fingerprint density at radius 1 is 0.690 bits per heavy atom. The molecule has 0 radical (unpaired) electrons. The third-order valence-electron chi connectivity index (χ3n) is 7.00. The summed E-state index contributed by atoms with van der Waals surface area (Å²) in [5.41, 5.74) is 0.965. The van der Waals surface area contributed by atoms with Crippen molar-refractivity contribution in [2.75, 3.05) is 6.61 Å². The van der Waals surface area contributed by atoms with E-state index in [0.29, 0.717) is 13.0 Å². The highest BCUT2D eigenvalue weighted by atomic mass is 28.5. The van der Waals surface area contributed by atoms with E-state index in [-0.39, 0.29) is 18.2 Å². The van der Waals surface area contributed by atoms with Gasteiger partial charge in [-0.3, -0.25) is 14.4 Å². The molecule has 1 fully saturated rings. The molecule has 2 atom stereocenters. The first-order valence-electron chi connectivity index (χ1n) is 15.9. The molecule has 0 saturated carbocycles. The maximum atomic E-state index is 12.4. The molecule has 1 aromatic rings. The molecule has 2 amide bonds. The molecule has 238 valence electrons. The van der Waals surface area contributed by atoms with Gasteiger partial charge in [0.25, 0.3) is 0 Å². The number of esters is 1. The second-order valence-corrected chi connectivity index (χ2v) is 26.6. The Kier molecular flexibility index (Phi) is 15.1. The van der Waals surface area contributed by atoms with Crippen molar-refractivity contribution in [3.63, 3.8) is 0 Å². The van der Waals surface area contributed by atoms with Gasteiger partial charge in [0.1, 0.15) is 12.1 Å². The lowest BCUT2D eigenvalue weighted by atomic mass is 10.0. The summed E-state index contributed by atoms with van der Waals surface area (Å²) in [6.45, 7) is 16.2. The van der Waals surface area contributed by atoms with Gasteiger partial charge in [0.05, 0.1) is 13.0 Å². The maximum absolute atomic E-state index is 12.4. The van der Waals surface area contributed by atoms with Crippen molar-refractivity contribution in [2.45, 2.75) is 135 Å². The van der Waals surface area contributed by atoms with E-state index < -0.39 is 43.2 Å². The summed E-state index contributed by atoms with van der Waals surface area (Å²) >= 11 is 0. The fraction of sp³-hybridized carbons (Fsp3) is 0.710. The van der Waals surface area contributed by atoms with E-state index in [1.165, 1.54) is 38.5 Å². The molecule has 2 N–H and O–H groups in total. The second-order valence-electron chi connectivity index (χ2n) is 13.7. The van der Waals surface area contributed by atoms with Crippen molar-refractivity contribution in [1.29, 1.82) is 0 Å². The summed E-state index contributed by atoms with van der Waals surface area (Å²) in [5.74, 6) is -1.08. The van der Waals surface area contributed by atoms with Crippen molar-refractivity contribution < 1.29 is 27.4 Å². The van der Waals surface area contributed by atoms with E-state index in [2.05, 4.69) is 56.5 Å². The first kappa shape index (κ1) is 36.4. The molecule has 11 heteroatoms. The van der Waals surface area contributed by atoms with Crippen LogP contribution < -0.4 is 10.6 Å². The molecule has 1 aliphatic heterocycles. The zero-order chi connectivity index (χ0) is 31.2. The van der Waals surface area contributed by atoms with Gasteiger partial charge in [0.2, 0.25) is 11.8 Å². The maximum Gasteiger partial charge on any atom is 0.314 e. The highest BCUT2D eigenvalue weighted by molar-refractivity contribution is 6.87. The molecule has 1 aliphatic rings. The van der Waals surface area contributed by atoms with E-state index in [1.54, 1.807) is 0 Å². The van der Waals surface area contributed by atoms with Gasteiger partial charge < -0.3 is 23.6 Å². The molecule has 1 heterocycles. The van der Waals surface area contributed by atoms with Gasteiger partial charge in [-0.05, 0) is 63.9 Å². The number of amides is 2. The molecular formula is C31H56N2O6Si3. The molecule has 0 aliphatic carbocycles. The highest BCUT2D eigenvalue weighted by Crippen LogP contribution is 2.26. The SMILES string of the molecule is C[Si](C)(C)O[Si](C)(CCCCCCCCCCCOC(=O)C[C@@H]1NC(=O)[C@H](Cc2ccccc2)NC1=O)O[Si](C)(C)C. The monoisotopic (exact) mass is 636 g/mol. The van der Waals surface area contributed by atoms with Gasteiger partial charge in [-0.2, -0.15) is 0 Å². The standard InChI is InChI=1S/C31H56N2O6Si3/c1-40(2,3)38-42(7,39-41(4,5)6)23-19-14-12-10-8-9-11-13-18-22-37-29(34)25-28-31(36)32-27(30(35)33-28)24-26-20-16-15-17-21-26/h15-17,20-21,27-28H,8-14,18-19,22-25H2,1-7H3,(H,32,36)(H,33,35)/t27-,28-/m0/s1. The van der Waals surface area contributed by atoms with Crippen molar-refractivity contribution in [2.24, 2.45) is 0 Å². The van der Waals surface area contributed by atoms with Crippen LogP contribution in [0.2, 0.25) is 51.9 Å². The quantitative estimate of drug-likeness (QED) is 0.0971. The number of piperazine rings is 1. The zero-order valence-electron chi connectivity index (χ0n) is 27.2. The Morgan fingerprint density at radius 2 is 1.17 bits per heavy atom. The van der Waals surface area contributed by atoms with Gasteiger partial charge in [-0.1, -0.05) is 81.7 Å². The van der Waals surface area contributed by atoms with Crippen LogP contribution in [0.5, 0.6) is 0 Å². The molecule has 1 saturated heterocycles. The third kappa shape index (κ3) is 15.6. The number of unbranched alkanes of at least 4 members (excludes halogenated alkanes) is 8. The van der Waals surface area contributed by atoms with E-state index in [4.69, 9.17) is 13.0 Å². The summed E-state index contributed by atoms with van der Waals surface area (Å²) in [6.07, 6.45) is 10.6. The lowest BCUT2D eigenvalue weighted by Crippen LogP contribution is -2.62. The molecule has 0 aromatic heterocycles.